The number of nitrogens with one attached hydrogen (secondary N) is 1. The van der Waals surface area contributed by atoms with Gasteiger partial charge in [-0.15, -0.1) is 0 Å². The molecule has 0 fully saturated rings. The van der Waals surface area contributed by atoms with E-state index in [0.717, 1.165) is 16.8 Å². The van der Waals surface area contributed by atoms with Crippen LogP contribution in [0.15, 0.2) is 60.8 Å². The van der Waals surface area contributed by atoms with Crippen LogP contribution in [-0.2, 0) is 0 Å². The van der Waals surface area contributed by atoms with Crippen molar-refractivity contribution in [3.63, 3.8) is 0 Å². The first-order valence-corrected chi connectivity index (χ1v) is 6.46. The fourth-order valence-electron chi connectivity index (χ4n) is 2.01. The van der Waals surface area contributed by atoms with Crippen molar-refractivity contribution in [3.05, 3.63) is 71.9 Å². The van der Waals surface area contributed by atoms with E-state index in [1.807, 2.05) is 36.5 Å². The van der Waals surface area contributed by atoms with Gasteiger partial charge in [0.15, 0.2) is 5.95 Å². The van der Waals surface area contributed by atoms with Crippen molar-refractivity contribution in [2.24, 2.45) is 0 Å². The largest absolute Gasteiger partial charge is 0.369 e. The number of nitrogens with two attached hydrogens (primary N) is 1. The van der Waals surface area contributed by atoms with Crippen molar-refractivity contribution in [3.8, 4) is 11.3 Å². The topological polar surface area (TPSA) is 54.7 Å². The molecule has 1 heterocycles. The van der Waals surface area contributed by atoms with Crippen LogP contribution in [0.2, 0.25) is 0 Å². The molecule has 3 nitrogen and oxygen atoms in total. The summed E-state index contributed by atoms with van der Waals surface area (Å²) >= 11 is 0. The summed E-state index contributed by atoms with van der Waals surface area (Å²) in [5, 5.41) is 0. The predicted molar refractivity (Wildman–Crippen MR) is 83.8 cm³/mol. The highest BCUT2D eigenvalue weighted by molar-refractivity contribution is 5.71. The Labute approximate surface area is 117 Å². The molecule has 0 amide bonds. The van der Waals surface area contributed by atoms with Crippen LogP contribution in [0.3, 0.4) is 0 Å². The van der Waals surface area contributed by atoms with Crippen molar-refractivity contribution in [2.75, 3.05) is 5.73 Å². The quantitative estimate of drug-likeness (QED) is 0.704. The summed E-state index contributed by atoms with van der Waals surface area (Å²) < 4.78 is 0. The third-order valence-corrected chi connectivity index (χ3v) is 3.07. The summed E-state index contributed by atoms with van der Waals surface area (Å²) in [6.07, 6.45) is 6.00. The van der Waals surface area contributed by atoms with E-state index in [9.17, 15) is 0 Å². The van der Waals surface area contributed by atoms with Crippen molar-refractivity contribution in [1.82, 2.24) is 9.97 Å². The summed E-state index contributed by atoms with van der Waals surface area (Å²) in [7, 11) is 0. The number of H-pyrrole nitrogens is 1. The highest BCUT2D eigenvalue weighted by Gasteiger charge is 2.00. The lowest BCUT2D eigenvalue weighted by Crippen LogP contribution is -1.85. The van der Waals surface area contributed by atoms with Gasteiger partial charge in [-0.1, -0.05) is 66.7 Å². The highest BCUT2D eigenvalue weighted by atomic mass is 15.0. The second-order valence-corrected chi connectivity index (χ2v) is 4.54. The third-order valence-electron chi connectivity index (χ3n) is 3.07. The standard InChI is InChI=1S/C17H15N3/c18-17-19-12-16(20-17)15-10-8-14(9-11-15)7-6-13-4-2-1-3-5-13/h1-12H,(H3,18,19,20)/b7-6+. The number of nitrogen functional groups attached to an aromatic ring is 1. The van der Waals surface area contributed by atoms with Crippen LogP contribution in [0, 0.1) is 0 Å². The molecule has 0 unspecified atom stereocenters. The van der Waals surface area contributed by atoms with E-state index in [0.29, 0.717) is 5.95 Å². The molecule has 3 aromatic rings. The van der Waals surface area contributed by atoms with Gasteiger partial charge in [0, 0.05) is 11.8 Å². The second-order valence-electron chi connectivity index (χ2n) is 4.54. The van der Waals surface area contributed by atoms with Crippen LogP contribution in [0.25, 0.3) is 23.4 Å². The van der Waals surface area contributed by atoms with Crippen LogP contribution >= 0.6 is 0 Å². The van der Waals surface area contributed by atoms with Crippen LogP contribution in [0.1, 0.15) is 11.1 Å². The fourth-order valence-corrected chi connectivity index (χ4v) is 2.01. The van der Waals surface area contributed by atoms with Gasteiger partial charge >= 0.3 is 0 Å². The summed E-state index contributed by atoms with van der Waals surface area (Å²) in [5.74, 6) is 0.438. The van der Waals surface area contributed by atoms with Gasteiger partial charge in [0.1, 0.15) is 0 Å². The Morgan fingerprint density at radius 2 is 1.50 bits per heavy atom. The molecular weight excluding hydrogens is 246 g/mol. The van der Waals surface area contributed by atoms with Gasteiger partial charge in [-0.3, -0.25) is 0 Å². The molecule has 0 saturated carbocycles. The summed E-state index contributed by atoms with van der Waals surface area (Å²) in [6, 6.07) is 18.5. The molecule has 0 atom stereocenters. The minimum atomic E-state index is 0.438. The SMILES string of the molecule is Nc1nc(-c2ccc(/C=C/c3ccccc3)cc2)c[nH]1. The smallest absolute Gasteiger partial charge is 0.198 e. The normalized spacial score (nSPS) is 11.0. The maximum atomic E-state index is 5.58. The van der Waals surface area contributed by atoms with Crippen molar-refractivity contribution < 1.29 is 0 Å². The zero-order valence-electron chi connectivity index (χ0n) is 11.0. The van der Waals surface area contributed by atoms with E-state index >= 15 is 0 Å². The summed E-state index contributed by atoms with van der Waals surface area (Å²) in [6.45, 7) is 0. The first-order valence-electron chi connectivity index (χ1n) is 6.46. The molecule has 3 rings (SSSR count). The average Bonchev–Trinajstić information content (AvgIpc) is 2.93. The van der Waals surface area contributed by atoms with Gasteiger partial charge < -0.3 is 10.7 Å². The number of rotatable bonds is 3. The Bertz CT molecular complexity index is 710. The maximum Gasteiger partial charge on any atom is 0.198 e. The molecule has 0 bridgehead atoms. The van der Waals surface area contributed by atoms with Crippen molar-refractivity contribution in [1.29, 1.82) is 0 Å². The number of anilines is 1. The third kappa shape index (κ3) is 2.78. The van der Waals surface area contributed by atoms with E-state index in [1.54, 1.807) is 0 Å². The second kappa shape index (κ2) is 5.45. The van der Waals surface area contributed by atoms with Crippen LogP contribution in [-0.4, -0.2) is 9.97 Å². The molecule has 98 valence electrons. The number of hydrogen-bond acceptors (Lipinski definition) is 2. The Morgan fingerprint density at radius 1 is 0.850 bits per heavy atom. The zero-order chi connectivity index (χ0) is 13.8. The highest BCUT2D eigenvalue weighted by Crippen LogP contribution is 2.19. The van der Waals surface area contributed by atoms with Crippen LogP contribution in [0.4, 0.5) is 5.95 Å². The molecule has 2 aromatic carbocycles. The average molecular weight is 261 g/mol. The van der Waals surface area contributed by atoms with E-state index in [2.05, 4.69) is 46.4 Å². The molecular formula is C17H15N3. The lowest BCUT2D eigenvalue weighted by Gasteiger charge is -1.98. The number of nitrogens with zero attached hydrogens (tertiary/aromatic N) is 1. The molecule has 0 aliphatic heterocycles. The van der Waals surface area contributed by atoms with E-state index in [1.165, 1.54) is 5.56 Å². The van der Waals surface area contributed by atoms with Gasteiger partial charge in [0.05, 0.1) is 5.69 Å². The molecule has 0 aliphatic rings. The minimum Gasteiger partial charge on any atom is -0.369 e. The van der Waals surface area contributed by atoms with E-state index < -0.39 is 0 Å². The Balaban J connectivity index is 1.78. The van der Waals surface area contributed by atoms with Gasteiger partial charge in [0.2, 0.25) is 0 Å². The molecule has 0 saturated heterocycles. The predicted octanol–water partition coefficient (Wildman–Crippen LogP) is 3.83. The zero-order valence-corrected chi connectivity index (χ0v) is 11.0. The van der Waals surface area contributed by atoms with Crippen molar-refractivity contribution >= 4 is 18.1 Å². The molecule has 3 heteroatoms. The Hall–Kier alpha value is -2.81. The monoisotopic (exact) mass is 261 g/mol. The van der Waals surface area contributed by atoms with E-state index in [-0.39, 0.29) is 0 Å². The van der Waals surface area contributed by atoms with Gasteiger partial charge in [-0.05, 0) is 11.1 Å². The lowest BCUT2D eigenvalue weighted by atomic mass is 10.1. The Kier molecular flexibility index (Phi) is 3.33. The summed E-state index contributed by atoms with van der Waals surface area (Å²) in [5.41, 5.74) is 9.84. The molecule has 20 heavy (non-hydrogen) atoms. The van der Waals surface area contributed by atoms with Crippen LogP contribution < -0.4 is 5.73 Å². The van der Waals surface area contributed by atoms with Crippen molar-refractivity contribution in [2.45, 2.75) is 0 Å². The first kappa shape index (κ1) is 12.2. The number of hydrogen-bond donors (Lipinski definition) is 2. The molecule has 0 radical (unpaired) electrons. The number of aromatic nitrogens is 2. The number of imidazole rings is 1. The van der Waals surface area contributed by atoms with Gasteiger partial charge in [0.25, 0.3) is 0 Å². The minimum absolute atomic E-state index is 0.438. The molecule has 0 spiro atoms. The fraction of sp³-hybridized carbons (Fsp3) is 0. The molecule has 1 aromatic heterocycles. The number of benzene rings is 2. The lowest BCUT2D eigenvalue weighted by molar-refractivity contribution is 1.33. The summed E-state index contributed by atoms with van der Waals surface area (Å²) in [4.78, 5) is 7.09. The van der Waals surface area contributed by atoms with Crippen LogP contribution in [0.5, 0.6) is 0 Å². The van der Waals surface area contributed by atoms with E-state index in [4.69, 9.17) is 5.73 Å². The van der Waals surface area contributed by atoms with Gasteiger partial charge in [-0.2, -0.15) is 0 Å². The Morgan fingerprint density at radius 3 is 2.10 bits per heavy atom. The van der Waals surface area contributed by atoms with Gasteiger partial charge in [-0.25, -0.2) is 4.98 Å². The molecule has 0 aliphatic carbocycles. The molecule has 3 N–H and O–H groups in total. The first-order chi connectivity index (χ1) is 9.81. The maximum absolute atomic E-state index is 5.58. The number of aromatic amines is 1.